The molecule has 1 aliphatic heterocycles. The first-order valence-electron chi connectivity index (χ1n) is 4.57. The second kappa shape index (κ2) is 4.84. The number of esters is 2. The van der Waals surface area contributed by atoms with Crippen molar-refractivity contribution in [3.63, 3.8) is 0 Å². The van der Waals surface area contributed by atoms with Gasteiger partial charge in [0.2, 0.25) is 0 Å². The largest absolute Gasteiger partial charge is 0.461 e. The van der Waals surface area contributed by atoms with Crippen molar-refractivity contribution < 1.29 is 19.1 Å². The standard InChI is InChI=1S/C9H14O4/c1-2-3-4-7-6-12-8(10)5-9(11)13-7/h7H,2-6H2,1H3. The highest BCUT2D eigenvalue weighted by Gasteiger charge is 2.23. The highest BCUT2D eigenvalue weighted by Crippen LogP contribution is 2.10. The van der Waals surface area contributed by atoms with Gasteiger partial charge in [-0.1, -0.05) is 13.3 Å². The molecular formula is C9H14O4. The molecule has 0 bridgehead atoms. The third-order valence-electron chi connectivity index (χ3n) is 1.90. The van der Waals surface area contributed by atoms with E-state index in [0.29, 0.717) is 0 Å². The minimum atomic E-state index is -0.482. The van der Waals surface area contributed by atoms with Crippen LogP contribution in [0.25, 0.3) is 0 Å². The van der Waals surface area contributed by atoms with E-state index < -0.39 is 11.9 Å². The fraction of sp³-hybridized carbons (Fsp3) is 0.778. The Morgan fingerprint density at radius 3 is 2.85 bits per heavy atom. The van der Waals surface area contributed by atoms with Gasteiger partial charge in [-0.2, -0.15) is 0 Å². The number of hydrogen-bond acceptors (Lipinski definition) is 4. The maximum atomic E-state index is 10.9. The first kappa shape index (κ1) is 10.0. The van der Waals surface area contributed by atoms with E-state index in [4.69, 9.17) is 9.47 Å². The van der Waals surface area contributed by atoms with E-state index in [2.05, 4.69) is 6.92 Å². The summed E-state index contributed by atoms with van der Waals surface area (Å²) in [5.74, 6) is -0.951. The van der Waals surface area contributed by atoms with Crippen LogP contribution in [0.3, 0.4) is 0 Å². The Hall–Kier alpha value is -1.06. The van der Waals surface area contributed by atoms with Crippen molar-refractivity contribution in [3.05, 3.63) is 0 Å². The van der Waals surface area contributed by atoms with E-state index in [-0.39, 0.29) is 19.1 Å². The molecule has 0 aliphatic carbocycles. The summed E-state index contributed by atoms with van der Waals surface area (Å²) in [5.41, 5.74) is 0. The number of rotatable bonds is 3. The number of carbonyl (C=O) groups excluding carboxylic acids is 2. The second-order valence-corrected chi connectivity index (χ2v) is 3.11. The molecule has 0 aromatic rings. The predicted octanol–water partition coefficient (Wildman–Crippen LogP) is 1.04. The van der Waals surface area contributed by atoms with E-state index in [1.807, 2.05) is 0 Å². The van der Waals surface area contributed by atoms with Crippen LogP contribution in [0.1, 0.15) is 32.6 Å². The van der Waals surface area contributed by atoms with Crippen molar-refractivity contribution in [1.82, 2.24) is 0 Å². The normalized spacial score (nSPS) is 23.3. The van der Waals surface area contributed by atoms with Gasteiger partial charge in [0.25, 0.3) is 0 Å². The van der Waals surface area contributed by atoms with Crippen molar-refractivity contribution in [2.24, 2.45) is 0 Å². The maximum Gasteiger partial charge on any atom is 0.317 e. The first-order chi connectivity index (χ1) is 6.22. The number of hydrogen-bond donors (Lipinski definition) is 0. The topological polar surface area (TPSA) is 52.6 Å². The van der Waals surface area contributed by atoms with Crippen molar-refractivity contribution in [2.45, 2.75) is 38.7 Å². The monoisotopic (exact) mass is 186 g/mol. The van der Waals surface area contributed by atoms with Crippen LogP contribution in [-0.4, -0.2) is 24.6 Å². The molecule has 0 spiro atoms. The second-order valence-electron chi connectivity index (χ2n) is 3.11. The van der Waals surface area contributed by atoms with Gasteiger partial charge >= 0.3 is 11.9 Å². The van der Waals surface area contributed by atoms with Gasteiger partial charge in [0.1, 0.15) is 19.1 Å². The molecule has 13 heavy (non-hydrogen) atoms. The molecule has 74 valence electrons. The molecule has 1 atom stereocenters. The van der Waals surface area contributed by atoms with Crippen LogP contribution in [-0.2, 0) is 19.1 Å². The van der Waals surface area contributed by atoms with Crippen LogP contribution in [0.4, 0.5) is 0 Å². The summed E-state index contributed by atoms with van der Waals surface area (Å²) in [6.07, 6.45) is 2.31. The summed E-state index contributed by atoms with van der Waals surface area (Å²) >= 11 is 0. The van der Waals surface area contributed by atoms with Gasteiger partial charge in [-0.25, -0.2) is 0 Å². The van der Waals surface area contributed by atoms with E-state index >= 15 is 0 Å². The third-order valence-corrected chi connectivity index (χ3v) is 1.90. The molecule has 1 heterocycles. The van der Waals surface area contributed by atoms with Crippen LogP contribution in [0, 0.1) is 0 Å². The lowest BCUT2D eigenvalue weighted by atomic mass is 10.2. The zero-order chi connectivity index (χ0) is 9.68. The van der Waals surface area contributed by atoms with Crippen LogP contribution in [0.5, 0.6) is 0 Å². The Morgan fingerprint density at radius 1 is 1.38 bits per heavy atom. The van der Waals surface area contributed by atoms with Crippen molar-refractivity contribution in [3.8, 4) is 0 Å². The van der Waals surface area contributed by atoms with E-state index in [0.717, 1.165) is 19.3 Å². The molecule has 4 heteroatoms. The lowest BCUT2D eigenvalue weighted by Crippen LogP contribution is -2.19. The first-order valence-corrected chi connectivity index (χ1v) is 4.57. The van der Waals surface area contributed by atoms with Gasteiger partial charge in [-0.15, -0.1) is 0 Å². The van der Waals surface area contributed by atoms with Gasteiger partial charge in [-0.05, 0) is 12.8 Å². The molecule has 0 saturated carbocycles. The average molecular weight is 186 g/mol. The summed E-state index contributed by atoms with van der Waals surface area (Å²) in [6.45, 7) is 2.27. The van der Waals surface area contributed by atoms with E-state index in [1.54, 1.807) is 0 Å². The Kier molecular flexibility index (Phi) is 3.73. The molecule has 0 radical (unpaired) electrons. The van der Waals surface area contributed by atoms with Gasteiger partial charge < -0.3 is 9.47 Å². The minimum absolute atomic E-state index is 0.213. The molecule has 1 fully saturated rings. The van der Waals surface area contributed by atoms with Gasteiger partial charge in [0, 0.05) is 0 Å². The van der Waals surface area contributed by atoms with Gasteiger partial charge in [0.15, 0.2) is 0 Å². The SMILES string of the molecule is CCCCC1COC(=O)CC(=O)O1. The van der Waals surface area contributed by atoms with Crippen LogP contribution >= 0.6 is 0 Å². The molecule has 0 aromatic heterocycles. The molecule has 0 aromatic carbocycles. The van der Waals surface area contributed by atoms with E-state index in [9.17, 15) is 9.59 Å². The van der Waals surface area contributed by atoms with Gasteiger partial charge in [0.05, 0.1) is 0 Å². The minimum Gasteiger partial charge on any atom is -0.461 e. The molecule has 1 rings (SSSR count). The predicted molar refractivity (Wildman–Crippen MR) is 45.0 cm³/mol. The fourth-order valence-corrected chi connectivity index (χ4v) is 1.19. The maximum absolute atomic E-state index is 10.9. The summed E-state index contributed by atoms with van der Waals surface area (Å²) in [4.78, 5) is 21.7. The van der Waals surface area contributed by atoms with Crippen molar-refractivity contribution in [1.29, 1.82) is 0 Å². The number of unbranched alkanes of at least 4 members (excludes halogenated alkanes) is 1. The lowest BCUT2D eigenvalue weighted by Gasteiger charge is -2.12. The Morgan fingerprint density at radius 2 is 2.15 bits per heavy atom. The van der Waals surface area contributed by atoms with Crippen molar-refractivity contribution in [2.75, 3.05) is 6.61 Å². The molecular weight excluding hydrogens is 172 g/mol. The third kappa shape index (κ3) is 3.44. The number of cyclic esters (lactones) is 2. The van der Waals surface area contributed by atoms with Gasteiger partial charge in [-0.3, -0.25) is 9.59 Å². The lowest BCUT2D eigenvalue weighted by molar-refractivity contribution is -0.148. The van der Waals surface area contributed by atoms with Crippen LogP contribution in [0.2, 0.25) is 0 Å². The van der Waals surface area contributed by atoms with Crippen LogP contribution < -0.4 is 0 Å². The molecule has 0 amide bonds. The fourth-order valence-electron chi connectivity index (χ4n) is 1.19. The average Bonchev–Trinajstić information content (AvgIpc) is 2.23. The Labute approximate surface area is 77.2 Å². The summed E-state index contributed by atoms with van der Waals surface area (Å²) in [5, 5.41) is 0. The number of carbonyl (C=O) groups is 2. The molecule has 4 nitrogen and oxygen atoms in total. The van der Waals surface area contributed by atoms with Crippen molar-refractivity contribution >= 4 is 11.9 Å². The quantitative estimate of drug-likeness (QED) is 0.488. The smallest absolute Gasteiger partial charge is 0.317 e. The summed E-state index contributed by atoms with van der Waals surface area (Å²) < 4.78 is 9.80. The summed E-state index contributed by atoms with van der Waals surface area (Å²) in [7, 11) is 0. The van der Waals surface area contributed by atoms with E-state index in [1.165, 1.54) is 0 Å². The molecule has 1 unspecified atom stereocenters. The zero-order valence-corrected chi connectivity index (χ0v) is 7.75. The molecule has 1 saturated heterocycles. The molecule has 1 aliphatic rings. The molecule has 0 N–H and O–H groups in total. The highest BCUT2D eigenvalue weighted by molar-refractivity contribution is 5.91. The number of ether oxygens (including phenoxy) is 2. The highest BCUT2D eigenvalue weighted by atomic mass is 16.6. The Bertz CT molecular complexity index is 200. The van der Waals surface area contributed by atoms with Crippen LogP contribution in [0.15, 0.2) is 0 Å². The zero-order valence-electron chi connectivity index (χ0n) is 7.75. The Balaban J connectivity index is 2.38. The summed E-state index contributed by atoms with van der Waals surface area (Å²) in [6, 6.07) is 0.